The van der Waals surface area contributed by atoms with E-state index in [1.54, 1.807) is 0 Å². The van der Waals surface area contributed by atoms with Gasteiger partial charge in [0.2, 0.25) is 5.91 Å². The summed E-state index contributed by atoms with van der Waals surface area (Å²) in [5.41, 5.74) is 8.54. The molecule has 0 spiro atoms. The Morgan fingerprint density at radius 3 is 2.71 bits per heavy atom. The van der Waals surface area contributed by atoms with Crippen molar-refractivity contribution in [2.24, 2.45) is 0 Å². The minimum absolute atomic E-state index is 0.0776. The highest BCUT2D eigenvalue weighted by molar-refractivity contribution is 5.83. The van der Waals surface area contributed by atoms with Gasteiger partial charge in [0.25, 0.3) is 0 Å². The highest BCUT2D eigenvalue weighted by Gasteiger charge is 2.38. The van der Waals surface area contributed by atoms with E-state index >= 15 is 0 Å². The van der Waals surface area contributed by atoms with Gasteiger partial charge in [-0.1, -0.05) is 30.3 Å². The number of nitrogens with one attached hydrogen (secondary N) is 2. The molecule has 2 fully saturated rings. The summed E-state index contributed by atoms with van der Waals surface area (Å²) in [5, 5.41) is 0. The quantitative estimate of drug-likeness (QED) is 0.706. The molecule has 1 aromatic heterocycles. The molecule has 0 aliphatic carbocycles. The summed E-state index contributed by atoms with van der Waals surface area (Å²) in [4.78, 5) is 19.0. The van der Waals surface area contributed by atoms with Gasteiger partial charge in [-0.3, -0.25) is 10.2 Å². The number of carbonyl (C=O) groups is 1. The smallest absolute Gasteiger partial charge is 0.241 e. The summed E-state index contributed by atoms with van der Waals surface area (Å²) in [6, 6.07) is 17.8. The van der Waals surface area contributed by atoms with Gasteiger partial charge in [0, 0.05) is 12.6 Å². The Bertz CT molecular complexity index is 967. The summed E-state index contributed by atoms with van der Waals surface area (Å²) in [7, 11) is 0. The van der Waals surface area contributed by atoms with Crippen molar-refractivity contribution in [2.75, 3.05) is 13.1 Å². The van der Waals surface area contributed by atoms with Crippen LogP contribution >= 0.6 is 0 Å². The second-order valence-corrected chi connectivity index (χ2v) is 7.46. The Balaban J connectivity index is 1.13. The fourth-order valence-electron chi connectivity index (χ4n) is 3.90. The van der Waals surface area contributed by atoms with Crippen molar-refractivity contribution in [3.63, 3.8) is 0 Å². The maximum Gasteiger partial charge on any atom is 0.241 e. The second kappa shape index (κ2) is 7.26. The van der Waals surface area contributed by atoms with Crippen LogP contribution in [0.4, 0.5) is 0 Å². The van der Waals surface area contributed by atoms with Gasteiger partial charge in [0.1, 0.15) is 17.9 Å². The van der Waals surface area contributed by atoms with Crippen LogP contribution in [0.1, 0.15) is 6.42 Å². The minimum Gasteiger partial charge on any atom is -0.487 e. The summed E-state index contributed by atoms with van der Waals surface area (Å²) in [6.45, 7) is 2.06. The first-order chi connectivity index (χ1) is 13.8. The summed E-state index contributed by atoms with van der Waals surface area (Å²) in [5.74, 6) is 0.992. The second-order valence-electron chi connectivity index (χ2n) is 7.46. The van der Waals surface area contributed by atoms with Crippen LogP contribution in [0, 0.1) is 0 Å². The molecule has 7 heteroatoms. The van der Waals surface area contributed by atoms with E-state index in [0.29, 0.717) is 13.1 Å². The zero-order chi connectivity index (χ0) is 18.9. The molecule has 0 bridgehead atoms. The summed E-state index contributed by atoms with van der Waals surface area (Å²) >= 11 is 0. The van der Waals surface area contributed by atoms with Gasteiger partial charge in [-0.05, 0) is 30.7 Å². The number of nitrogens with zero attached hydrogens (tertiary/aromatic N) is 3. The molecule has 0 saturated carbocycles. The Morgan fingerprint density at radius 1 is 1.07 bits per heavy atom. The number of amides is 1. The lowest BCUT2D eigenvalue weighted by atomic mass is 10.1. The molecule has 5 rings (SSSR count). The van der Waals surface area contributed by atoms with Gasteiger partial charge in [-0.25, -0.2) is 10.4 Å². The lowest BCUT2D eigenvalue weighted by molar-refractivity contribution is -0.142. The van der Waals surface area contributed by atoms with Crippen LogP contribution in [-0.2, 0) is 11.3 Å². The molecule has 3 heterocycles. The standard InChI is InChI=1S/C21H23N5O2/c27-21(25-12-17(13-25)28-16-6-2-1-3-7-16)19-10-15(23-24-19)11-26-14-22-18-8-4-5-9-20(18)26/h1-9,14-15,17,19,23-24H,10-13H2. The molecule has 7 nitrogen and oxygen atoms in total. The number of para-hydroxylation sites is 3. The molecule has 28 heavy (non-hydrogen) atoms. The van der Waals surface area contributed by atoms with Crippen LogP contribution in [0.2, 0.25) is 0 Å². The van der Waals surface area contributed by atoms with Crippen LogP contribution in [0.5, 0.6) is 5.75 Å². The predicted octanol–water partition coefficient (Wildman–Crippen LogP) is 1.56. The van der Waals surface area contributed by atoms with E-state index in [4.69, 9.17) is 4.74 Å². The van der Waals surface area contributed by atoms with E-state index < -0.39 is 0 Å². The maximum atomic E-state index is 12.7. The number of aromatic nitrogens is 2. The first-order valence-electron chi connectivity index (χ1n) is 9.68. The zero-order valence-corrected chi connectivity index (χ0v) is 15.5. The number of hydrazine groups is 1. The largest absolute Gasteiger partial charge is 0.487 e. The molecule has 2 aliphatic rings. The van der Waals surface area contributed by atoms with Gasteiger partial charge in [-0.15, -0.1) is 0 Å². The molecule has 2 saturated heterocycles. The van der Waals surface area contributed by atoms with Crippen LogP contribution < -0.4 is 15.6 Å². The Kier molecular flexibility index (Phi) is 4.46. The molecule has 2 aliphatic heterocycles. The van der Waals surface area contributed by atoms with Gasteiger partial charge >= 0.3 is 0 Å². The number of likely N-dealkylation sites (tertiary alicyclic amines) is 1. The molecular weight excluding hydrogens is 354 g/mol. The third-order valence-corrected chi connectivity index (χ3v) is 5.43. The lowest BCUT2D eigenvalue weighted by Crippen LogP contribution is -2.60. The number of benzene rings is 2. The summed E-state index contributed by atoms with van der Waals surface area (Å²) in [6.07, 6.45) is 2.70. The molecule has 144 valence electrons. The summed E-state index contributed by atoms with van der Waals surface area (Å²) < 4.78 is 8.02. The van der Waals surface area contributed by atoms with Crippen molar-refractivity contribution < 1.29 is 9.53 Å². The Labute approximate surface area is 163 Å². The highest BCUT2D eigenvalue weighted by Crippen LogP contribution is 2.21. The number of hydrogen-bond donors (Lipinski definition) is 2. The fourth-order valence-corrected chi connectivity index (χ4v) is 3.90. The van der Waals surface area contributed by atoms with Crippen molar-refractivity contribution in [3.8, 4) is 5.75 Å². The minimum atomic E-state index is -0.197. The monoisotopic (exact) mass is 377 g/mol. The van der Waals surface area contributed by atoms with Crippen molar-refractivity contribution in [3.05, 3.63) is 60.9 Å². The topological polar surface area (TPSA) is 71.4 Å². The highest BCUT2D eigenvalue weighted by atomic mass is 16.5. The van der Waals surface area contributed by atoms with E-state index in [9.17, 15) is 4.79 Å². The van der Waals surface area contributed by atoms with Gasteiger partial charge in [0.05, 0.1) is 30.5 Å². The molecule has 0 radical (unpaired) electrons. The van der Waals surface area contributed by atoms with Crippen LogP contribution in [-0.4, -0.2) is 51.6 Å². The van der Waals surface area contributed by atoms with Crippen molar-refractivity contribution in [2.45, 2.75) is 31.2 Å². The first-order valence-corrected chi connectivity index (χ1v) is 9.68. The number of hydrogen-bond acceptors (Lipinski definition) is 5. The predicted molar refractivity (Wildman–Crippen MR) is 106 cm³/mol. The van der Waals surface area contributed by atoms with E-state index in [1.165, 1.54) is 0 Å². The molecular formula is C21H23N5O2. The van der Waals surface area contributed by atoms with Gasteiger partial charge < -0.3 is 14.2 Å². The first kappa shape index (κ1) is 17.2. The molecule has 2 atom stereocenters. The Morgan fingerprint density at radius 2 is 1.86 bits per heavy atom. The molecule has 2 N–H and O–H groups in total. The van der Waals surface area contributed by atoms with Crippen molar-refractivity contribution in [1.29, 1.82) is 0 Å². The van der Waals surface area contributed by atoms with Crippen LogP contribution in [0.15, 0.2) is 60.9 Å². The number of imidazole rings is 1. The maximum absolute atomic E-state index is 12.7. The fraction of sp³-hybridized carbons (Fsp3) is 0.333. The van der Waals surface area contributed by atoms with E-state index in [2.05, 4.69) is 26.5 Å². The lowest BCUT2D eigenvalue weighted by Gasteiger charge is -2.40. The van der Waals surface area contributed by atoms with E-state index in [0.717, 1.165) is 29.7 Å². The Hall–Kier alpha value is -2.90. The van der Waals surface area contributed by atoms with E-state index in [-0.39, 0.29) is 24.1 Å². The number of carbonyl (C=O) groups excluding carboxylic acids is 1. The van der Waals surface area contributed by atoms with Crippen molar-refractivity contribution in [1.82, 2.24) is 25.3 Å². The molecule has 3 aromatic rings. The average Bonchev–Trinajstić information content (AvgIpc) is 3.33. The number of ether oxygens (including phenoxy) is 1. The molecule has 2 unspecified atom stereocenters. The normalized spacial score (nSPS) is 22.4. The SMILES string of the molecule is O=C(C1CC(Cn2cnc3ccccc32)NN1)N1CC(Oc2ccccc2)C1. The van der Waals surface area contributed by atoms with Gasteiger partial charge in [0.15, 0.2) is 0 Å². The van der Waals surface area contributed by atoms with Crippen LogP contribution in [0.25, 0.3) is 11.0 Å². The number of fused-ring (bicyclic) bond motifs is 1. The average molecular weight is 377 g/mol. The molecule has 1 amide bonds. The third-order valence-electron chi connectivity index (χ3n) is 5.43. The van der Waals surface area contributed by atoms with Crippen molar-refractivity contribution >= 4 is 16.9 Å². The third kappa shape index (κ3) is 3.34. The van der Waals surface area contributed by atoms with E-state index in [1.807, 2.05) is 59.8 Å². The van der Waals surface area contributed by atoms with Gasteiger partial charge in [-0.2, -0.15) is 0 Å². The number of rotatable bonds is 5. The van der Waals surface area contributed by atoms with Crippen LogP contribution in [0.3, 0.4) is 0 Å². The zero-order valence-electron chi connectivity index (χ0n) is 15.5. The molecule has 2 aromatic carbocycles.